The molecule has 2 aromatic carbocycles. The van der Waals surface area contributed by atoms with Gasteiger partial charge in [0.15, 0.2) is 0 Å². The van der Waals surface area contributed by atoms with Crippen LogP contribution in [0, 0.1) is 0 Å². The molecule has 1 atom stereocenters. The topological polar surface area (TPSA) is 42.4 Å². The smallest absolute Gasteiger partial charge is 0.222 e. The Morgan fingerprint density at radius 3 is 2.52 bits per heavy atom. The van der Waals surface area contributed by atoms with Gasteiger partial charge in [0.2, 0.25) is 5.88 Å². The minimum absolute atomic E-state index is 0.0963. The molecule has 1 N–H and O–H groups in total. The number of ether oxygens (including phenoxy) is 1. The number of benzene rings is 2. The predicted molar refractivity (Wildman–Crippen MR) is 83.2 cm³/mol. The summed E-state index contributed by atoms with van der Waals surface area (Å²) in [4.78, 5) is 4.41. The Bertz CT molecular complexity index is 741. The van der Waals surface area contributed by atoms with Crippen molar-refractivity contribution in [3.05, 3.63) is 71.9 Å². The van der Waals surface area contributed by atoms with E-state index < -0.39 is 0 Å². The highest BCUT2D eigenvalue weighted by Crippen LogP contribution is 2.28. The van der Waals surface area contributed by atoms with Gasteiger partial charge in [-0.25, -0.2) is 4.98 Å². The second-order valence-electron chi connectivity index (χ2n) is 4.97. The van der Waals surface area contributed by atoms with Crippen LogP contribution >= 0.6 is 0 Å². The number of pyridine rings is 1. The van der Waals surface area contributed by atoms with Crippen LogP contribution < -0.4 is 4.74 Å². The van der Waals surface area contributed by atoms with E-state index in [1.54, 1.807) is 0 Å². The normalized spacial score (nSPS) is 12.3. The molecule has 0 aliphatic rings. The molecule has 0 saturated carbocycles. The van der Waals surface area contributed by atoms with E-state index in [1.165, 1.54) is 0 Å². The van der Waals surface area contributed by atoms with E-state index in [2.05, 4.69) is 4.98 Å². The van der Waals surface area contributed by atoms with Gasteiger partial charge in [-0.1, -0.05) is 48.5 Å². The van der Waals surface area contributed by atoms with Gasteiger partial charge >= 0.3 is 0 Å². The second kappa shape index (κ2) is 5.94. The van der Waals surface area contributed by atoms with Crippen molar-refractivity contribution in [2.75, 3.05) is 0 Å². The minimum atomic E-state index is -0.101. The predicted octanol–water partition coefficient (Wildman–Crippen LogP) is 3.87. The maximum absolute atomic E-state index is 9.35. The lowest BCUT2D eigenvalue weighted by molar-refractivity contribution is 0.217. The van der Waals surface area contributed by atoms with Crippen molar-refractivity contribution in [3.8, 4) is 5.88 Å². The Morgan fingerprint density at radius 1 is 1.05 bits per heavy atom. The molecule has 1 aromatic heterocycles. The average Bonchev–Trinajstić information content (AvgIpc) is 2.55. The summed E-state index contributed by atoms with van der Waals surface area (Å²) in [5.74, 6) is 0.563. The SMILES string of the molecule is CC(Oc1nc(CO)cc2ccccc12)c1ccccc1. The van der Waals surface area contributed by atoms with Crippen LogP contribution in [-0.2, 0) is 6.61 Å². The zero-order valence-corrected chi connectivity index (χ0v) is 11.9. The van der Waals surface area contributed by atoms with Crippen molar-refractivity contribution in [2.45, 2.75) is 19.6 Å². The molecule has 0 spiro atoms. The van der Waals surface area contributed by atoms with Crippen molar-refractivity contribution in [2.24, 2.45) is 0 Å². The van der Waals surface area contributed by atoms with Crippen LogP contribution in [0.1, 0.15) is 24.3 Å². The van der Waals surface area contributed by atoms with E-state index in [-0.39, 0.29) is 12.7 Å². The van der Waals surface area contributed by atoms with Gasteiger partial charge in [0, 0.05) is 5.39 Å². The molecule has 1 unspecified atom stereocenters. The second-order valence-corrected chi connectivity index (χ2v) is 4.97. The fraction of sp³-hybridized carbons (Fsp3) is 0.167. The van der Waals surface area contributed by atoms with Crippen LogP contribution in [-0.4, -0.2) is 10.1 Å². The highest BCUT2D eigenvalue weighted by atomic mass is 16.5. The Balaban J connectivity index is 1.99. The summed E-state index contributed by atoms with van der Waals surface area (Å²) < 4.78 is 6.03. The Kier molecular flexibility index (Phi) is 3.84. The Hall–Kier alpha value is -2.39. The first kappa shape index (κ1) is 13.6. The third-order valence-electron chi connectivity index (χ3n) is 3.48. The zero-order chi connectivity index (χ0) is 14.7. The van der Waals surface area contributed by atoms with Gasteiger partial charge in [0.05, 0.1) is 12.3 Å². The lowest BCUT2D eigenvalue weighted by atomic mass is 10.1. The standard InChI is InChI=1S/C18H17NO2/c1-13(14-7-3-2-4-8-14)21-18-17-10-6-5-9-15(17)11-16(12-20)19-18/h2-11,13,20H,12H2,1H3. The van der Waals surface area contributed by atoms with E-state index in [4.69, 9.17) is 4.74 Å². The van der Waals surface area contributed by atoms with Crippen LogP contribution in [0.3, 0.4) is 0 Å². The van der Waals surface area contributed by atoms with E-state index in [1.807, 2.05) is 67.6 Å². The van der Waals surface area contributed by atoms with E-state index in [0.29, 0.717) is 11.6 Å². The van der Waals surface area contributed by atoms with Gasteiger partial charge in [-0.05, 0) is 30.0 Å². The molecule has 0 radical (unpaired) electrons. The number of hydrogen-bond acceptors (Lipinski definition) is 3. The molecule has 3 heteroatoms. The van der Waals surface area contributed by atoms with Gasteiger partial charge in [0.25, 0.3) is 0 Å². The van der Waals surface area contributed by atoms with Gasteiger partial charge in [0.1, 0.15) is 6.10 Å². The number of aromatic nitrogens is 1. The summed E-state index contributed by atoms with van der Waals surface area (Å²) in [5, 5.41) is 11.3. The molecule has 21 heavy (non-hydrogen) atoms. The molecule has 0 saturated heterocycles. The maximum Gasteiger partial charge on any atom is 0.222 e. The molecular weight excluding hydrogens is 262 g/mol. The number of hydrogen-bond donors (Lipinski definition) is 1. The van der Waals surface area contributed by atoms with Crippen molar-refractivity contribution in [1.29, 1.82) is 0 Å². The molecule has 0 bridgehead atoms. The lowest BCUT2D eigenvalue weighted by Crippen LogP contribution is -2.05. The van der Waals surface area contributed by atoms with Crippen LogP contribution in [0.4, 0.5) is 0 Å². The summed E-state index contributed by atoms with van der Waals surface area (Å²) in [6, 6.07) is 19.8. The third-order valence-corrected chi connectivity index (χ3v) is 3.48. The molecule has 1 heterocycles. The number of nitrogens with zero attached hydrogens (tertiary/aromatic N) is 1. The Labute approximate surface area is 123 Å². The van der Waals surface area contributed by atoms with Gasteiger partial charge in [-0.3, -0.25) is 0 Å². The fourth-order valence-electron chi connectivity index (χ4n) is 2.35. The highest BCUT2D eigenvalue weighted by molar-refractivity contribution is 5.87. The fourth-order valence-corrected chi connectivity index (χ4v) is 2.35. The zero-order valence-electron chi connectivity index (χ0n) is 11.9. The van der Waals surface area contributed by atoms with Gasteiger partial charge in [-0.2, -0.15) is 0 Å². The summed E-state index contributed by atoms with van der Waals surface area (Å²) in [5.41, 5.74) is 1.71. The van der Waals surface area contributed by atoms with Crippen molar-refractivity contribution < 1.29 is 9.84 Å². The summed E-state index contributed by atoms with van der Waals surface area (Å²) in [7, 11) is 0. The van der Waals surface area contributed by atoms with Crippen LogP contribution in [0.5, 0.6) is 5.88 Å². The first-order valence-electron chi connectivity index (χ1n) is 6.99. The molecular formula is C18H17NO2. The van der Waals surface area contributed by atoms with Crippen molar-refractivity contribution in [1.82, 2.24) is 4.98 Å². The largest absolute Gasteiger partial charge is 0.469 e. The van der Waals surface area contributed by atoms with E-state index in [9.17, 15) is 5.11 Å². The number of aliphatic hydroxyl groups is 1. The quantitative estimate of drug-likeness (QED) is 0.788. The van der Waals surface area contributed by atoms with Crippen molar-refractivity contribution in [3.63, 3.8) is 0 Å². The minimum Gasteiger partial charge on any atom is -0.469 e. The molecule has 0 aliphatic heterocycles. The molecule has 106 valence electrons. The van der Waals surface area contributed by atoms with Crippen molar-refractivity contribution >= 4 is 10.8 Å². The number of aliphatic hydroxyl groups excluding tert-OH is 1. The van der Waals surface area contributed by atoms with E-state index >= 15 is 0 Å². The molecule has 0 fully saturated rings. The van der Waals surface area contributed by atoms with Gasteiger partial charge in [-0.15, -0.1) is 0 Å². The first-order chi connectivity index (χ1) is 10.3. The molecule has 0 amide bonds. The molecule has 0 aliphatic carbocycles. The van der Waals surface area contributed by atoms with Crippen LogP contribution in [0.2, 0.25) is 0 Å². The maximum atomic E-state index is 9.35. The molecule has 3 rings (SSSR count). The van der Waals surface area contributed by atoms with Crippen LogP contribution in [0.15, 0.2) is 60.7 Å². The highest BCUT2D eigenvalue weighted by Gasteiger charge is 2.12. The van der Waals surface area contributed by atoms with E-state index in [0.717, 1.165) is 16.3 Å². The number of rotatable bonds is 4. The third kappa shape index (κ3) is 2.88. The number of fused-ring (bicyclic) bond motifs is 1. The summed E-state index contributed by atoms with van der Waals surface area (Å²) >= 11 is 0. The molecule has 3 aromatic rings. The van der Waals surface area contributed by atoms with Gasteiger partial charge < -0.3 is 9.84 Å². The first-order valence-corrected chi connectivity index (χ1v) is 6.99. The summed E-state index contributed by atoms with van der Waals surface area (Å²) in [6.45, 7) is 1.90. The summed E-state index contributed by atoms with van der Waals surface area (Å²) in [6.07, 6.45) is -0.101. The monoisotopic (exact) mass is 279 g/mol. The average molecular weight is 279 g/mol. The lowest BCUT2D eigenvalue weighted by Gasteiger charge is -2.16. The Morgan fingerprint density at radius 2 is 1.76 bits per heavy atom. The van der Waals surface area contributed by atoms with Crippen LogP contribution in [0.25, 0.3) is 10.8 Å². The molecule has 3 nitrogen and oxygen atoms in total.